The Balaban J connectivity index is 2.16. The van der Waals surface area contributed by atoms with Crippen molar-refractivity contribution >= 4 is 35.1 Å². The maximum atomic E-state index is 12.7. The van der Waals surface area contributed by atoms with Crippen LogP contribution in [0.15, 0.2) is 35.3 Å². The first-order chi connectivity index (χ1) is 12.8. The van der Waals surface area contributed by atoms with Gasteiger partial charge in [0.2, 0.25) is 0 Å². The number of anilines is 1. The van der Waals surface area contributed by atoms with Gasteiger partial charge < -0.3 is 15.0 Å². The van der Waals surface area contributed by atoms with Crippen LogP contribution in [0.25, 0.3) is 0 Å². The molecule has 0 heterocycles. The van der Waals surface area contributed by atoms with Gasteiger partial charge in [0.1, 0.15) is 5.75 Å². The van der Waals surface area contributed by atoms with E-state index in [-0.39, 0.29) is 12.3 Å². The quantitative estimate of drug-likeness (QED) is 0.398. The van der Waals surface area contributed by atoms with E-state index in [0.29, 0.717) is 22.0 Å². The molecule has 0 atom stereocenters. The van der Waals surface area contributed by atoms with Crippen molar-refractivity contribution < 1.29 is 9.53 Å². The second-order valence-electron chi connectivity index (χ2n) is 6.39. The van der Waals surface area contributed by atoms with Crippen molar-refractivity contribution in [2.75, 3.05) is 32.6 Å². The highest BCUT2D eigenvalue weighted by Gasteiger charge is 2.13. The summed E-state index contributed by atoms with van der Waals surface area (Å²) in [7, 11) is 3.55. The molecule has 2 rings (SSSR count). The fourth-order valence-corrected chi connectivity index (χ4v) is 2.74. The van der Waals surface area contributed by atoms with E-state index in [4.69, 9.17) is 16.3 Å². The Kier molecular flexibility index (Phi) is 7.25. The van der Waals surface area contributed by atoms with Gasteiger partial charge >= 0.3 is 0 Å². The Morgan fingerprint density at radius 3 is 2.67 bits per heavy atom. The van der Waals surface area contributed by atoms with Crippen molar-refractivity contribution in [1.82, 2.24) is 4.90 Å². The van der Waals surface area contributed by atoms with Crippen molar-refractivity contribution in [1.29, 1.82) is 0 Å². The molecule has 5 nitrogen and oxygen atoms in total. The Morgan fingerprint density at radius 1 is 1.26 bits per heavy atom. The van der Waals surface area contributed by atoms with Crippen LogP contribution in [0.5, 0.6) is 5.75 Å². The lowest BCUT2D eigenvalue weighted by atomic mass is 10.0. The summed E-state index contributed by atoms with van der Waals surface area (Å²) in [6.45, 7) is 6.99. The van der Waals surface area contributed by atoms with E-state index in [2.05, 4.69) is 17.2 Å². The highest BCUT2D eigenvalue weighted by Crippen LogP contribution is 2.28. The van der Waals surface area contributed by atoms with Crippen LogP contribution < -0.4 is 10.1 Å². The van der Waals surface area contributed by atoms with Gasteiger partial charge in [0.15, 0.2) is 5.78 Å². The lowest BCUT2D eigenvalue weighted by molar-refractivity contribution is 0.101. The van der Waals surface area contributed by atoms with Gasteiger partial charge in [-0.05, 0) is 62.2 Å². The topological polar surface area (TPSA) is 53.9 Å². The third kappa shape index (κ3) is 5.47. The van der Waals surface area contributed by atoms with E-state index in [1.165, 1.54) is 0 Å². The summed E-state index contributed by atoms with van der Waals surface area (Å²) < 4.78 is 5.30. The molecule has 0 aliphatic heterocycles. The van der Waals surface area contributed by atoms with E-state index in [0.717, 1.165) is 23.4 Å². The maximum Gasteiger partial charge on any atom is 0.182 e. The number of ketones is 1. The van der Waals surface area contributed by atoms with Crippen molar-refractivity contribution in [2.45, 2.75) is 20.8 Å². The fraction of sp³-hybridized carbons (Fsp3) is 0.333. The summed E-state index contributed by atoms with van der Waals surface area (Å²) in [5.74, 6) is 0.642. The number of carbonyl (C=O) groups excluding carboxylic acids is 1. The van der Waals surface area contributed by atoms with Crippen LogP contribution in [0.1, 0.15) is 28.4 Å². The second-order valence-corrected chi connectivity index (χ2v) is 6.83. The standard InChI is InChI=1S/C21H26ClN3O2/c1-6-25(4)13-24-18-10-14(2)17(9-15(18)3)20(26)12-23-19-11-16(22)7-8-21(19)27-5/h7-11,13,23H,6,12H2,1-5H3. The third-order valence-corrected chi connectivity index (χ3v) is 4.57. The molecular weight excluding hydrogens is 362 g/mol. The number of carbonyl (C=O) groups is 1. The Morgan fingerprint density at radius 2 is 2.00 bits per heavy atom. The summed E-state index contributed by atoms with van der Waals surface area (Å²) in [5.41, 5.74) is 4.11. The monoisotopic (exact) mass is 387 g/mol. The van der Waals surface area contributed by atoms with Crippen LogP contribution in [0.2, 0.25) is 5.02 Å². The van der Waals surface area contributed by atoms with E-state index in [1.807, 2.05) is 37.9 Å². The van der Waals surface area contributed by atoms with Crippen LogP contribution in [0, 0.1) is 13.8 Å². The molecular formula is C21H26ClN3O2. The SMILES string of the molecule is CCN(C)C=Nc1cc(C)c(C(=O)CNc2cc(Cl)ccc2OC)cc1C. The van der Waals surface area contributed by atoms with Crippen molar-refractivity contribution in [2.24, 2.45) is 4.99 Å². The lowest BCUT2D eigenvalue weighted by Crippen LogP contribution is -2.16. The summed E-state index contributed by atoms with van der Waals surface area (Å²) >= 11 is 6.03. The summed E-state index contributed by atoms with van der Waals surface area (Å²) in [5, 5.41) is 3.70. The maximum absolute atomic E-state index is 12.7. The van der Waals surface area contributed by atoms with Gasteiger partial charge in [-0.1, -0.05) is 11.6 Å². The lowest BCUT2D eigenvalue weighted by Gasteiger charge is -2.13. The number of nitrogens with zero attached hydrogens (tertiary/aromatic N) is 2. The molecule has 6 heteroatoms. The number of nitrogens with one attached hydrogen (secondary N) is 1. The molecule has 2 aromatic carbocycles. The van der Waals surface area contributed by atoms with E-state index >= 15 is 0 Å². The van der Waals surface area contributed by atoms with Crippen LogP contribution in [0.3, 0.4) is 0 Å². The molecule has 27 heavy (non-hydrogen) atoms. The Bertz CT molecular complexity index is 850. The van der Waals surface area contributed by atoms with Gasteiger partial charge in [0, 0.05) is 24.2 Å². The van der Waals surface area contributed by atoms with E-state index in [9.17, 15) is 4.79 Å². The molecule has 0 amide bonds. The van der Waals surface area contributed by atoms with Gasteiger partial charge in [-0.3, -0.25) is 4.79 Å². The number of rotatable bonds is 8. The molecule has 0 unspecified atom stereocenters. The van der Waals surface area contributed by atoms with Crippen molar-refractivity contribution in [3.8, 4) is 5.75 Å². The van der Waals surface area contributed by atoms with Gasteiger partial charge in [-0.25, -0.2) is 4.99 Å². The molecule has 0 spiro atoms. The number of ether oxygens (including phenoxy) is 1. The van der Waals surface area contributed by atoms with Crippen LogP contribution in [-0.2, 0) is 0 Å². The predicted molar refractivity (Wildman–Crippen MR) is 113 cm³/mol. The number of hydrogen-bond acceptors (Lipinski definition) is 4. The summed E-state index contributed by atoms with van der Waals surface area (Å²) in [6.07, 6.45) is 1.80. The minimum Gasteiger partial charge on any atom is -0.495 e. The zero-order valence-electron chi connectivity index (χ0n) is 16.5. The third-order valence-electron chi connectivity index (χ3n) is 4.34. The summed E-state index contributed by atoms with van der Waals surface area (Å²) in [6, 6.07) is 9.10. The number of methoxy groups -OCH3 is 1. The zero-order valence-corrected chi connectivity index (χ0v) is 17.2. The van der Waals surface area contributed by atoms with Gasteiger partial charge in [0.05, 0.1) is 31.4 Å². The Labute approximate surface area is 166 Å². The van der Waals surface area contributed by atoms with Gasteiger partial charge in [-0.2, -0.15) is 0 Å². The molecule has 0 aromatic heterocycles. The fourth-order valence-electron chi connectivity index (χ4n) is 2.57. The molecule has 0 bridgehead atoms. The first-order valence-electron chi connectivity index (χ1n) is 8.82. The first kappa shape index (κ1) is 20.8. The minimum atomic E-state index is -0.00108. The molecule has 0 radical (unpaired) electrons. The second kappa shape index (κ2) is 9.42. The number of benzene rings is 2. The van der Waals surface area contributed by atoms with Crippen LogP contribution in [0.4, 0.5) is 11.4 Å². The Hall–Kier alpha value is -2.53. The molecule has 144 valence electrons. The smallest absolute Gasteiger partial charge is 0.182 e. The number of aliphatic imine (C=N–C) groups is 1. The van der Waals surface area contributed by atoms with Crippen molar-refractivity contribution in [3.05, 3.63) is 52.0 Å². The van der Waals surface area contributed by atoms with Crippen LogP contribution >= 0.6 is 11.6 Å². The van der Waals surface area contributed by atoms with Crippen LogP contribution in [-0.4, -0.2) is 44.3 Å². The molecule has 0 fully saturated rings. The number of Topliss-reactive ketones (excluding diaryl/α,β-unsaturated/α-hetero) is 1. The largest absolute Gasteiger partial charge is 0.495 e. The number of aryl methyl sites for hydroxylation is 2. The van der Waals surface area contributed by atoms with E-state index in [1.54, 1.807) is 31.6 Å². The minimum absolute atomic E-state index is 0.00108. The normalized spacial score (nSPS) is 10.9. The zero-order chi connectivity index (χ0) is 20.0. The van der Waals surface area contributed by atoms with Crippen molar-refractivity contribution in [3.63, 3.8) is 0 Å². The summed E-state index contributed by atoms with van der Waals surface area (Å²) in [4.78, 5) is 19.2. The molecule has 0 saturated carbocycles. The first-order valence-corrected chi connectivity index (χ1v) is 9.19. The van der Waals surface area contributed by atoms with Gasteiger partial charge in [-0.15, -0.1) is 0 Å². The average Bonchev–Trinajstić information content (AvgIpc) is 2.66. The molecule has 0 saturated heterocycles. The average molecular weight is 388 g/mol. The highest BCUT2D eigenvalue weighted by molar-refractivity contribution is 6.31. The predicted octanol–water partition coefficient (Wildman–Crippen LogP) is 4.87. The molecule has 2 aromatic rings. The number of halogens is 1. The molecule has 0 aliphatic rings. The van der Waals surface area contributed by atoms with Gasteiger partial charge in [0.25, 0.3) is 0 Å². The molecule has 0 aliphatic carbocycles. The van der Waals surface area contributed by atoms with E-state index < -0.39 is 0 Å². The highest BCUT2D eigenvalue weighted by atomic mass is 35.5. The molecule has 1 N–H and O–H groups in total. The number of hydrogen-bond donors (Lipinski definition) is 1.